The van der Waals surface area contributed by atoms with Crippen LogP contribution in [0.4, 0.5) is 0 Å². The SMILES string of the molecule is O=C(C1CC1)N1CCCC(C(=O)N2C[C@@H]3CCC[C@@]3(C(=O)O)C2)C1. The van der Waals surface area contributed by atoms with Crippen molar-refractivity contribution >= 4 is 17.8 Å². The van der Waals surface area contributed by atoms with Crippen LogP contribution < -0.4 is 0 Å². The van der Waals surface area contributed by atoms with E-state index in [1.807, 2.05) is 4.90 Å². The van der Waals surface area contributed by atoms with Crippen molar-refractivity contribution in [1.29, 1.82) is 0 Å². The number of carbonyl (C=O) groups is 3. The molecule has 24 heavy (non-hydrogen) atoms. The van der Waals surface area contributed by atoms with Crippen LogP contribution in [0.5, 0.6) is 0 Å². The van der Waals surface area contributed by atoms with Gasteiger partial charge in [0.25, 0.3) is 0 Å². The molecule has 4 rings (SSSR count). The van der Waals surface area contributed by atoms with Gasteiger partial charge in [-0.1, -0.05) is 6.42 Å². The van der Waals surface area contributed by atoms with Crippen LogP contribution in [0, 0.1) is 23.2 Å². The number of carboxylic acid groups (broad SMARTS) is 1. The lowest BCUT2D eigenvalue weighted by Crippen LogP contribution is -2.47. The Morgan fingerprint density at radius 1 is 0.875 bits per heavy atom. The van der Waals surface area contributed by atoms with Gasteiger partial charge in [0.05, 0.1) is 11.3 Å². The lowest BCUT2D eigenvalue weighted by atomic mass is 9.81. The fourth-order valence-corrected chi connectivity index (χ4v) is 5.03. The third-order valence-corrected chi connectivity index (χ3v) is 6.62. The minimum Gasteiger partial charge on any atom is -0.481 e. The van der Waals surface area contributed by atoms with Crippen molar-refractivity contribution in [3.05, 3.63) is 0 Å². The molecule has 2 saturated carbocycles. The molecule has 0 aromatic rings. The van der Waals surface area contributed by atoms with Crippen molar-refractivity contribution < 1.29 is 19.5 Å². The van der Waals surface area contributed by atoms with E-state index in [9.17, 15) is 19.5 Å². The number of piperidine rings is 1. The first-order valence-corrected chi connectivity index (χ1v) is 9.32. The maximum atomic E-state index is 12.9. The fourth-order valence-electron chi connectivity index (χ4n) is 5.03. The second kappa shape index (κ2) is 5.74. The van der Waals surface area contributed by atoms with Crippen LogP contribution in [0.25, 0.3) is 0 Å². The van der Waals surface area contributed by atoms with Crippen LogP contribution in [0.3, 0.4) is 0 Å². The molecule has 1 unspecified atom stereocenters. The van der Waals surface area contributed by atoms with Crippen LogP contribution in [-0.4, -0.2) is 58.9 Å². The minimum absolute atomic E-state index is 0.0679. The van der Waals surface area contributed by atoms with Gasteiger partial charge in [-0.2, -0.15) is 0 Å². The third kappa shape index (κ3) is 2.50. The van der Waals surface area contributed by atoms with Crippen LogP contribution in [-0.2, 0) is 14.4 Å². The Hall–Kier alpha value is -1.59. The average Bonchev–Trinajstić information content (AvgIpc) is 3.24. The summed E-state index contributed by atoms with van der Waals surface area (Å²) in [4.78, 5) is 40.7. The largest absolute Gasteiger partial charge is 0.481 e. The summed E-state index contributed by atoms with van der Waals surface area (Å²) < 4.78 is 0. The monoisotopic (exact) mass is 334 g/mol. The molecule has 2 amide bonds. The summed E-state index contributed by atoms with van der Waals surface area (Å²) in [5, 5.41) is 9.68. The summed E-state index contributed by atoms with van der Waals surface area (Å²) in [6.07, 6.45) is 6.21. The first-order chi connectivity index (χ1) is 11.5. The number of aliphatic carboxylic acids is 1. The van der Waals surface area contributed by atoms with Crippen LogP contribution >= 0.6 is 0 Å². The molecule has 4 aliphatic rings. The minimum atomic E-state index is -0.741. The van der Waals surface area contributed by atoms with Gasteiger partial charge >= 0.3 is 5.97 Å². The zero-order chi connectivity index (χ0) is 16.9. The predicted molar refractivity (Wildman–Crippen MR) is 86.0 cm³/mol. The van der Waals surface area contributed by atoms with Crippen molar-refractivity contribution in [2.75, 3.05) is 26.2 Å². The van der Waals surface area contributed by atoms with E-state index in [0.717, 1.165) is 45.1 Å². The van der Waals surface area contributed by atoms with E-state index >= 15 is 0 Å². The molecule has 6 nitrogen and oxygen atoms in total. The molecular formula is C18H26N2O4. The summed E-state index contributed by atoms with van der Waals surface area (Å²) in [5.74, 6) is -0.307. The Morgan fingerprint density at radius 2 is 1.62 bits per heavy atom. The summed E-state index contributed by atoms with van der Waals surface area (Å²) >= 11 is 0. The molecule has 0 radical (unpaired) electrons. The van der Waals surface area contributed by atoms with Gasteiger partial charge in [0, 0.05) is 32.1 Å². The number of nitrogens with zero attached hydrogens (tertiary/aromatic N) is 2. The number of likely N-dealkylation sites (tertiary alicyclic amines) is 2. The molecule has 2 heterocycles. The van der Waals surface area contributed by atoms with Gasteiger partial charge in [-0.3, -0.25) is 14.4 Å². The molecule has 132 valence electrons. The Bertz CT molecular complexity index is 573. The highest BCUT2D eigenvalue weighted by Crippen LogP contribution is 2.49. The maximum Gasteiger partial charge on any atom is 0.311 e. The first kappa shape index (κ1) is 15.9. The topological polar surface area (TPSA) is 77.9 Å². The molecule has 2 aliphatic carbocycles. The van der Waals surface area contributed by atoms with Gasteiger partial charge < -0.3 is 14.9 Å². The normalized spacial score (nSPS) is 35.8. The van der Waals surface area contributed by atoms with E-state index in [-0.39, 0.29) is 29.6 Å². The molecule has 1 N–H and O–H groups in total. The lowest BCUT2D eigenvalue weighted by molar-refractivity contribution is -0.149. The van der Waals surface area contributed by atoms with Crippen molar-refractivity contribution in [1.82, 2.24) is 9.80 Å². The van der Waals surface area contributed by atoms with E-state index in [4.69, 9.17) is 0 Å². The summed E-state index contributed by atoms with van der Waals surface area (Å²) in [6.45, 7) is 2.23. The number of fused-ring (bicyclic) bond motifs is 1. The van der Waals surface area contributed by atoms with E-state index in [2.05, 4.69) is 0 Å². The van der Waals surface area contributed by atoms with E-state index in [1.54, 1.807) is 4.90 Å². The quantitative estimate of drug-likeness (QED) is 0.845. The highest BCUT2D eigenvalue weighted by molar-refractivity contribution is 5.85. The highest BCUT2D eigenvalue weighted by atomic mass is 16.4. The molecular weight excluding hydrogens is 308 g/mol. The molecule has 6 heteroatoms. The van der Waals surface area contributed by atoms with E-state index in [1.165, 1.54) is 0 Å². The summed E-state index contributed by atoms with van der Waals surface area (Å²) in [7, 11) is 0. The Morgan fingerprint density at radius 3 is 2.29 bits per heavy atom. The molecule has 2 aliphatic heterocycles. The maximum absolute atomic E-state index is 12.9. The molecule has 0 aromatic carbocycles. The standard InChI is InChI=1S/C18H26N2O4/c21-15(12-5-6-12)19-8-2-3-13(9-19)16(22)20-10-14-4-1-7-18(14,11-20)17(23)24/h12-14H,1-11H2,(H,23,24)/t13?,14-,18+/m0/s1. The Balaban J connectivity index is 1.42. The van der Waals surface area contributed by atoms with Crippen LogP contribution in [0.1, 0.15) is 44.9 Å². The Labute approximate surface area is 142 Å². The zero-order valence-corrected chi connectivity index (χ0v) is 14.1. The molecule has 4 fully saturated rings. The highest BCUT2D eigenvalue weighted by Gasteiger charge is 2.56. The second-order valence-electron chi connectivity index (χ2n) is 8.17. The number of hydrogen-bond acceptors (Lipinski definition) is 3. The molecule has 0 bridgehead atoms. The lowest BCUT2D eigenvalue weighted by Gasteiger charge is -2.34. The number of hydrogen-bond donors (Lipinski definition) is 1. The van der Waals surface area contributed by atoms with Crippen molar-refractivity contribution in [2.45, 2.75) is 44.9 Å². The van der Waals surface area contributed by atoms with Gasteiger partial charge in [0.15, 0.2) is 0 Å². The van der Waals surface area contributed by atoms with Crippen molar-refractivity contribution in [2.24, 2.45) is 23.2 Å². The van der Waals surface area contributed by atoms with Gasteiger partial charge in [-0.25, -0.2) is 0 Å². The third-order valence-electron chi connectivity index (χ3n) is 6.62. The molecule has 0 aromatic heterocycles. The van der Waals surface area contributed by atoms with Gasteiger partial charge in [0.1, 0.15) is 0 Å². The van der Waals surface area contributed by atoms with Gasteiger partial charge in [-0.15, -0.1) is 0 Å². The fraction of sp³-hybridized carbons (Fsp3) is 0.833. The van der Waals surface area contributed by atoms with Crippen molar-refractivity contribution in [3.63, 3.8) is 0 Å². The van der Waals surface area contributed by atoms with Crippen LogP contribution in [0.15, 0.2) is 0 Å². The number of carbonyl (C=O) groups excluding carboxylic acids is 2. The van der Waals surface area contributed by atoms with Gasteiger partial charge in [-0.05, 0) is 44.4 Å². The number of amides is 2. The number of rotatable bonds is 3. The Kier molecular flexibility index (Phi) is 3.81. The van der Waals surface area contributed by atoms with Crippen molar-refractivity contribution in [3.8, 4) is 0 Å². The second-order valence-corrected chi connectivity index (χ2v) is 8.17. The van der Waals surface area contributed by atoms with Crippen LogP contribution in [0.2, 0.25) is 0 Å². The summed E-state index contributed by atoms with van der Waals surface area (Å²) in [5.41, 5.74) is -0.714. The smallest absolute Gasteiger partial charge is 0.311 e. The molecule has 2 saturated heterocycles. The van der Waals surface area contributed by atoms with E-state index < -0.39 is 11.4 Å². The molecule has 0 spiro atoms. The van der Waals surface area contributed by atoms with E-state index in [0.29, 0.717) is 26.1 Å². The molecule has 3 atom stereocenters. The zero-order valence-electron chi connectivity index (χ0n) is 14.1. The first-order valence-electron chi connectivity index (χ1n) is 9.32. The average molecular weight is 334 g/mol. The predicted octanol–water partition coefficient (Wildman–Crippen LogP) is 1.35. The van der Waals surface area contributed by atoms with Gasteiger partial charge in [0.2, 0.25) is 11.8 Å². The number of carboxylic acids is 1. The summed E-state index contributed by atoms with van der Waals surface area (Å²) in [6, 6.07) is 0.